The number of sulfonamides is 1. The molecule has 11 nitrogen and oxygen atoms in total. The molecule has 1 saturated carbocycles. The molecule has 0 bridgehead atoms. The van der Waals surface area contributed by atoms with Crippen molar-refractivity contribution >= 4 is 33.8 Å². The molecule has 0 aromatic heterocycles. The number of hydrogen-bond acceptors (Lipinski definition) is 6. The highest BCUT2D eigenvalue weighted by molar-refractivity contribution is 7.91. The van der Waals surface area contributed by atoms with Gasteiger partial charge in [-0.2, -0.15) is 0 Å². The average molecular weight is 509 g/mol. The van der Waals surface area contributed by atoms with Gasteiger partial charge in [-0.1, -0.05) is 38.7 Å². The Bertz CT molecular complexity index is 1130. The SMILES string of the molecule is C=CC1C#CC1(NC(=O)C1CCCN1C(=O)C(NC(=O)O)C(C)(C)C)C(=O)NS(=O)(=O)C1(C)CC1. The summed E-state index contributed by atoms with van der Waals surface area (Å²) in [4.78, 5) is 52.3. The van der Waals surface area contributed by atoms with Gasteiger partial charge in [0.2, 0.25) is 21.8 Å². The van der Waals surface area contributed by atoms with Crippen LogP contribution >= 0.6 is 0 Å². The number of carboxylic acid groups (broad SMARTS) is 1. The van der Waals surface area contributed by atoms with E-state index in [1.165, 1.54) is 17.9 Å². The van der Waals surface area contributed by atoms with Crippen LogP contribution in [0.4, 0.5) is 4.79 Å². The van der Waals surface area contributed by atoms with E-state index in [9.17, 15) is 32.7 Å². The van der Waals surface area contributed by atoms with Crippen LogP contribution in [-0.4, -0.2) is 71.2 Å². The smallest absolute Gasteiger partial charge is 0.405 e. The molecule has 3 aliphatic rings. The van der Waals surface area contributed by atoms with Crippen molar-refractivity contribution in [2.24, 2.45) is 11.3 Å². The Kier molecular flexibility index (Phi) is 6.71. The second-order valence-corrected chi connectivity index (χ2v) is 12.8. The number of carbonyl (C=O) groups excluding carboxylic acids is 3. The first-order valence-corrected chi connectivity index (χ1v) is 12.9. The van der Waals surface area contributed by atoms with Gasteiger partial charge in [0, 0.05) is 6.54 Å². The molecule has 4 N–H and O–H groups in total. The molecule has 0 radical (unpaired) electrons. The second kappa shape index (κ2) is 8.86. The lowest BCUT2D eigenvalue weighted by Crippen LogP contribution is -2.68. The summed E-state index contributed by atoms with van der Waals surface area (Å²) in [7, 11) is -3.98. The van der Waals surface area contributed by atoms with Crippen molar-refractivity contribution in [1.82, 2.24) is 20.3 Å². The highest BCUT2D eigenvalue weighted by atomic mass is 32.2. The van der Waals surface area contributed by atoms with Gasteiger partial charge in [-0.25, -0.2) is 17.9 Å². The third-order valence-electron chi connectivity index (χ3n) is 6.85. The van der Waals surface area contributed by atoms with E-state index < -0.39 is 67.5 Å². The zero-order chi connectivity index (χ0) is 26.4. The molecule has 1 aliphatic heterocycles. The lowest BCUT2D eigenvalue weighted by molar-refractivity contribution is -0.143. The molecule has 0 aromatic rings. The molecule has 4 unspecified atom stereocenters. The summed E-state index contributed by atoms with van der Waals surface area (Å²) in [5.74, 6) is 2.28. The van der Waals surface area contributed by atoms with Crippen molar-refractivity contribution in [2.45, 2.75) is 75.7 Å². The molecule has 192 valence electrons. The summed E-state index contributed by atoms with van der Waals surface area (Å²) < 4.78 is 26.3. The lowest BCUT2D eigenvalue weighted by Gasteiger charge is -2.39. The quantitative estimate of drug-likeness (QED) is 0.271. The Hall–Kier alpha value is -3.07. The minimum Gasteiger partial charge on any atom is -0.465 e. The third-order valence-corrected chi connectivity index (χ3v) is 9.01. The zero-order valence-electron chi connectivity index (χ0n) is 20.3. The number of rotatable bonds is 8. The molecule has 3 rings (SSSR count). The number of nitrogens with zero attached hydrogens (tertiary/aromatic N) is 1. The first-order chi connectivity index (χ1) is 16.1. The van der Waals surface area contributed by atoms with Gasteiger partial charge in [0.1, 0.15) is 12.1 Å². The lowest BCUT2D eigenvalue weighted by atomic mass is 9.76. The van der Waals surface area contributed by atoms with Crippen molar-refractivity contribution in [3.05, 3.63) is 12.7 Å². The van der Waals surface area contributed by atoms with Crippen molar-refractivity contribution in [3.63, 3.8) is 0 Å². The summed E-state index contributed by atoms with van der Waals surface area (Å²) in [5, 5.41) is 14.0. The third kappa shape index (κ3) is 4.87. The summed E-state index contributed by atoms with van der Waals surface area (Å²) in [5.41, 5.74) is -2.60. The molecule has 35 heavy (non-hydrogen) atoms. The zero-order valence-corrected chi connectivity index (χ0v) is 21.1. The van der Waals surface area contributed by atoms with Crippen LogP contribution in [0.3, 0.4) is 0 Å². The molecule has 4 amide bonds. The van der Waals surface area contributed by atoms with E-state index in [0.717, 1.165) is 0 Å². The number of nitrogens with one attached hydrogen (secondary N) is 3. The van der Waals surface area contributed by atoms with E-state index in [1.807, 2.05) is 0 Å². The molecule has 1 heterocycles. The van der Waals surface area contributed by atoms with Crippen molar-refractivity contribution < 1.29 is 32.7 Å². The van der Waals surface area contributed by atoms with Crippen molar-refractivity contribution in [3.8, 4) is 11.8 Å². The standard InChI is InChI=1S/C23H32N4O7S/c1-6-14-9-10-23(14,19(30)26-35(33,34)22(5)11-12-22)25-17(28)15-8-7-13-27(15)18(29)16(21(2,3)4)24-20(31)32/h6,14-16,24H,1,7-8,11-13H2,2-5H3,(H,25,28)(H,26,30)(H,31,32). The van der Waals surface area contributed by atoms with E-state index in [2.05, 4.69) is 33.8 Å². The van der Waals surface area contributed by atoms with E-state index in [1.54, 1.807) is 20.8 Å². The number of hydrogen-bond donors (Lipinski definition) is 4. The van der Waals surface area contributed by atoms with Crippen LogP contribution in [-0.2, 0) is 24.4 Å². The van der Waals surface area contributed by atoms with Crippen LogP contribution in [0.15, 0.2) is 12.7 Å². The summed E-state index contributed by atoms with van der Waals surface area (Å²) in [6.07, 6.45) is 1.62. The first-order valence-electron chi connectivity index (χ1n) is 11.4. The summed E-state index contributed by atoms with van der Waals surface area (Å²) in [6.45, 7) is 10.5. The van der Waals surface area contributed by atoms with Crippen LogP contribution in [0, 0.1) is 23.2 Å². The first kappa shape index (κ1) is 26.5. The average Bonchev–Trinajstić information content (AvgIpc) is 3.30. The molecule has 0 aromatic carbocycles. The van der Waals surface area contributed by atoms with Crippen LogP contribution in [0.2, 0.25) is 0 Å². The van der Waals surface area contributed by atoms with Crippen molar-refractivity contribution in [1.29, 1.82) is 0 Å². The van der Waals surface area contributed by atoms with E-state index >= 15 is 0 Å². The fourth-order valence-electron chi connectivity index (χ4n) is 4.19. The number of amides is 4. The number of carbonyl (C=O) groups is 4. The largest absolute Gasteiger partial charge is 0.465 e. The maximum Gasteiger partial charge on any atom is 0.405 e. The van der Waals surface area contributed by atoms with Crippen LogP contribution in [0.1, 0.15) is 53.4 Å². The predicted octanol–water partition coefficient (Wildman–Crippen LogP) is 0.332. The van der Waals surface area contributed by atoms with Gasteiger partial charge >= 0.3 is 6.09 Å². The monoisotopic (exact) mass is 508 g/mol. The molecule has 4 atom stereocenters. The van der Waals surface area contributed by atoms with E-state index in [4.69, 9.17) is 0 Å². The minimum absolute atomic E-state index is 0.229. The van der Waals surface area contributed by atoms with Gasteiger partial charge in [-0.05, 0) is 38.0 Å². The fourth-order valence-corrected chi connectivity index (χ4v) is 5.48. The molecule has 0 spiro atoms. The van der Waals surface area contributed by atoms with Crippen LogP contribution in [0.5, 0.6) is 0 Å². The van der Waals surface area contributed by atoms with Crippen LogP contribution in [0.25, 0.3) is 0 Å². The second-order valence-electron chi connectivity index (χ2n) is 10.6. The Morgan fingerprint density at radius 2 is 1.86 bits per heavy atom. The molecule has 2 fully saturated rings. The Balaban J connectivity index is 1.82. The molecular formula is C23H32N4O7S. The van der Waals surface area contributed by atoms with Gasteiger partial charge in [0.25, 0.3) is 5.91 Å². The van der Waals surface area contributed by atoms with E-state index in [0.29, 0.717) is 25.7 Å². The molecular weight excluding hydrogens is 476 g/mol. The molecule has 2 aliphatic carbocycles. The van der Waals surface area contributed by atoms with Gasteiger partial charge in [-0.3, -0.25) is 14.4 Å². The highest BCUT2D eigenvalue weighted by Gasteiger charge is 2.56. The van der Waals surface area contributed by atoms with Gasteiger partial charge in [0.15, 0.2) is 5.54 Å². The summed E-state index contributed by atoms with van der Waals surface area (Å²) >= 11 is 0. The topological polar surface area (TPSA) is 162 Å². The Labute approximate surface area is 205 Å². The maximum atomic E-state index is 13.3. The maximum absolute atomic E-state index is 13.3. The fraction of sp³-hybridized carbons (Fsp3) is 0.652. The Morgan fingerprint density at radius 3 is 2.31 bits per heavy atom. The minimum atomic E-state index is -3.98. The summed E-state index contributed by atoms with van der Waals surface area (Å²) in [6, 6.07) is -2.07. The van der Waals surface area contributed by atoms with E-state index in [-0.39, 0.29) is 6.54 Å². The molecule has 1 saturated heterocycles. The highest BCUT2D eigenvalue weighted by Crippen LogP contribution is 2.42. The van der Waals surface area contributed by atoms with Gasteiger partial charge in [0.05, 0.1) is 10.7 Å². The van der Waals surface area contributed by atoms with Crippen molar-refractivity contribution in [2.75, 3.05) is 6.54 Å². The van der Waals surface area contributed by atoms with Crippen LogP contribution < -0.4 is 15.4 Å². The van der Waals surface area contributed by atoms with Gasteiger partial charge < -0.3 is 20.6 Å². The predicted molar refractivity (Wildman–Crippen MR) is 126 cm³/mol. The number of likely N-dealkylation sites (tertiary alicyclic amines) is 1. The molecule has 12 heteroatoms. The van der Waals surface area contributed by atoms with Gasteiger partial charge in [-0.15, -0.1) is 6.58 Å². The Morgan fingerprint density at radius 1 is 1.23 bits per heavy atom. The normalized spacial score (nSPS) is 27.4.